The number of rotatable bonds is 2. The molecule has 1 heteroatoms. The Kier molecular flexibility index (Phi) is 7.58. The largest absolute Gasteiger partial charge is 0.328 e. The first kappa shape index (κ1) is 12.0. The highest BCUT2D eigenvalue weighted by atomic mass is 14.6. The van der Waals surface area contributed by atoms with Crippen LogP contribution < -0.4 is 5.73 Å². The second-order valence-corrected chi connectivity index (χ2v) is 3.72. The van der Waals surface area contributed by atoms with Gasteiger partial charge in [0, 0.05) is 6.04 Å². The molecule has 1 aliphatic carbocycles. The van der Waals surface area contributed by atoms with Gasteiger partial charge in [0.2, 0.25) is 0 Å². The third-order valence-corrected chi connectivity index (χ3v) is 2.43. The lowest BCUT2D eigenvalue weighted by molar-refractivity contribution is 0.323. The molecule has 74 valence electrons. The number of hydrogen-bond donors (Lipinski definition) is 1. The van der Waals surface area contributed by atoms with Gasteiger partial charge in [0.05, 0.1) is 0 Å². The maximum absolute atomic E-state index is 5.72. The maximum Gasteiger partial charge on any atom is 0.00131 e. The van der Waals surface area contributed by atoms with Crippen LogP contribution in [-0.2, 0) is 0 Å². The van der Waals surface area contributed by atoms with Crippen LogP contribution in [-0.4, -0.2) is 6.04 Å². The van der Waals surface area contributed by atoms with Gasteiger partial charge in [0.15, 0.2) is 0 Å². The monoisotopic (exact) mass is 171 g/mol. The zero-order valence-electron chi connectivity index (χ0n) is 8.97. The standard InChI is InChI=1S/C9H19N.C2H6/c1-8(10)7-9-5-3-2-4-6-9;1-2/h8-9H,2-7,10H2,1H3;1-2H3. The molecule has 0 bridgehead atoms. The highest BCUT2D eigenvalue weighted by Crippen LogP contribution is 2.26. The van der Waals surface area contributed by atoms with E-state index >= 15 is 0 Å². The Balaban J connectivity index is 0.000000561. The molecule has 0 aromatic carbocycles. The molecule has 1 aliphatic rings. The predicted molar refractivity (Wildman–Crippen MR) is 56.2 cm³/mol. The molecule has 0 aliphatic heterocycles. The van der Waals surface area contributed by atoms with E-state index in [1.54, 1.807) is 0 Å². The third kappa shape index (κ3) is 5.59. The smallest absolute Gasteiger partial charge is 0.00131 e. The summed E-state index contributed by atoms with van der Waals surface area (Å²) in [5, 5.41) is 0. The summed E-state index contributed by atoms with van der Waals surface area (Å²) < 4.78 is 0. The Hall–Kier alpha value is -0.0400. The molecule has 0 amide bonds. The fraction of sp³-hybridized carbons (Fsp3) is 1.00. The Morgan fingerprint density at radius 3 is 2.08 bits per heavy atom. The zero-order chi connectivity index (χ0) is 9.40. The van der Waals surface area contributed by atoms with Gasteiger partial charge in [0.25, 0.3) is 0 Å². The third-order valence-electron chi connectivity index (χ3n) is 2.43. The molecule has 0 aromatic heterocycles. The van der Waals surface area contributed by atoms with Crippen molar-refractivity contribution in [3.05, 3.63) is 0 Å². The summed E-state index contributed by atoms with van der Waals surface area (Å²) in [6, 6.07) is 0.420. The predicted octanol–water partition coefficient (Wildman–Crippen LogP) is 3.33. The van der Waals surface area contributed by atoms with E-state index in [2.05, 4.69) is 6.92 Å². The summed E-state index contributed by atoms with van der Waals surface area (Å²) in [4.78, 5) is 0. The van der Waals surface area contributed by atoms with Gasteiger partial charge < -0.3 is 5.73 Å². The van der Waals surface area contributed by atoms with E-state index in [9.17, 15) is 0 Å². The molecule has 12 heavy (non-hydrogen) atoms. The first-order valence-electron chi connectivity index (χ1n) is 5.54. The molecule has 1 rings (SSSR count). The first-order valence-corrected chi connectivity index (χ1v) is 5.54. The van der Waals surface area contributed by atoms with Gasteiger partial charge in [-0.1, -0.05) is 46.0 Å². The average molecular weight is 171 g/mol. The van der Waals surface area contributed by atoms with Crippen molar-refractivity contribution in [3.8, 4) is 0 Å². The van der Waals surface area contributed by atoms with E-state index in [-0.39, 0.29) is 0 Å². The summed E-state index contributed by atoms with van der Waals surface area (Å²) in [5.41, 5.74) is 5.72. The molecular weight excluding hydrogens is 146 g/mol. The minimum absolute atomic E-state index is 0.420. The van der Waals surface area contributed by atoms with Crippen molar-refractivity contribution in [2.45, 2.75) is 65.3 Å². The lowest BCUT2D eigenvalue weighted by Crippen LogP contribution is -2.20. The SMILES string of the molecule is CC.CC(N)CC1CCCCC1. The van der Waals surface area contributed by atoms with E-state index < -0.39 is 0 Å². The van der Waals surface area contributed by atoms with E-state index in [4.69, 9.17) is 5.73 Å². The van der Waals surface area contributed by atoms with E-state index in [0.717, 1.165) is 5.92 Å². The van der Waals surface area contributed by atoms with Crippen LogP contribution in [0.5, 0.6) is 0 Å². The minimum Gasteiger partial charge on any atom is -0.328 e. The summed E-state index contributed by atoms with van der Waals surface area (Å²) in [7, 11) is 0. The van der Waals surface area contributed by atoms with Crippen molar-refractivity contribution in [3.63, 3.8) is 0 Å². The molecule has 1 nitrogen and oxygen atoms in total. The fourth-order valence-corrected chi connectivity index (χ4v) is 1.95. The van der Waals surface area contributed by atoms with Crippen LogP contribution in [0.2, 0.25) is 0 Å². The zero-order valence-corrected chi connectivity index (χ0v) is 8.97. The van der Waals surface area contributed by atoms with Gasteiger partial charge in [-0.05, 0) is 19.3 Å². The van der Waals surface area contributed by atoms with Crippen LogP contribution in [0.15, 0.2) is 0 Å². The van der Waals surface area contributed by atoms with Crippen molar-refractivity contribution in [1.29, 1.82) is 0 Å². The average Bonchev–Trinajstić information content (AvgIpc) is 2.08. The second-order valence-electron chi connectivity index (χ2n) is 3.72. The molecule has 0 heterocycles. The summed E-state index contributed by atoms with van der Waals surface area (Å²) in [5.74, 6) is 0.953. The van der Waals surface area contributed by atoms with Gasteiger partial charge in [-0.15, -0.1) is 0 Å². The minimum atomic E-state index is 0.420. The first-order chi connectivity index (χ1) is 5.79. The summed E-state index contributed by atoms with van der Waals surface area (Å²) >= 11 is 0. The molecule has 1 saturated carbocycles. The normalized spacial score (nSPS) is 21.0. The quantitative estimate of drug-likeness (QED) is 0.677. The van der Waals surface area contributed by atoms with Gasteiger partial charge in [0.1, 0.15) is 0 Å². The molecule has 0 saturated heterocycles. The Labute approximate surface area is 77.7 Å². The molecule has 1 fully saturated rings. The van der Waals surface area contributed by atoms with Gasteiger partial charge in [-0.25, -0.2) is 0 Å². The highest BCUT2D eigenvalue weighted by Gasteiger charge is 2.13. The topological polar surface area (TPSA) is 26.0 Å². The molecule has 0 radical (unpaired) electrons. The van der Waals surface area contributed by atoms with Crippen molar-refractivity contribution in [2.24, 2.45) is 11.7 Å². The molecule has 2 N–H and O–H groups in total. The summed E-state index contributed by atoms with van der Waals surface area (Å²) in [6.07, 6.45) is 8.45. The Morgan fingerprint density at radius 2 is 1.67 bits per heavy atom. The molecule has 1 atom stereocenters. The van der Waals surface area contributed by atoms with Crippen LogP contribution in [0.1, 0.15) is 59.3 Å². The maximum atomic E-state index is 5.72. The second kappa shape index (κ2) is 7.60. The fourth-order valence-electron chi connectivity index (χ4n) is 1.95. The lowest BCUT2D eigenvalue weighted by Gasteiger charge is -2.22. The van der Waals surface area contributed by atoms with Crippen LogP contribution >= 0.6 is 0 Å². The van der Waals surface area contributed by atoms with Crippen molar-refractivity contribution in [1.82, 2.24) is 0 Å². The highest BCUT2D eigenvalue weighted by molar-refractivity contribution is 4.69. The molecule has 1 unspecified atom stereocenters. The number of hydrogen-bond acceptors (Lipinski definition) is 1. The van der Waals surface area contributed by atoms with Crippen LogP contribution in [0.4, 0.5) is 0 Å². The molecule has 0 aromatic rings. The summed E-state index contributed by atoms with van der Waals surface area (Å²) in [6.45, 7) is 6.12. The Morgan fingerprint density at radius 1 is 1.17 bits per heavy atom. The lowest BCUT2D eigenvalue weighted by atomic mass is 9.85. The van der Waals surface area contributed by atoms with E-state index in [0.29, 0.717) is 6.04 Å². The van der Waals surface area contributed by atoms with Crippen LogP contribution in [0.25, 0.3) is 0 Å². The van der Waals surface area contributed by atoms with Crippen molar-refractivity contribution >= 4 is 0 Å². The van der Waals surface area contributed by atoms with Crippen LogP contribution in [0, 0.1) is 5.92 Å². The molecular formula is C11H25N. The molecule has 0 spiro atoms. The van der Waals surface area contributed by atoms with Gasteiger partial charge >= 0.3 is 0 Å². The van der Waals surface area contributed by atoms with Crippen molar-refractivity contribution < 1.29 is 0 Å². The van der Waals surface area contributed by atoms with Crippen LogP contribution in [0.3, 0.4) is 0 Å². The van der Waals surface area contributed by atoms with Gasteiger partial charge in [-0.3, -0.25) is 0 Å². The van der Waals surface area contributed by atoms with E-state index in [1.807, 2.05) is 13.8 Å². The van der Waals surface area contributed by atoms with Crippen molar-refractivity contribution in [2.75, 3.05) is 0 Å². The Bertz CT molecular complexity index is 83.0. The van der Waals surface area contributed by atoms with E-state index in [1.165, 1.54) is 38.5 Å². The number of nitrogens with two attached hydrogens (primary N) is 1. The van der Waals surface area contributed by atoms with Gasteiger partial charge in [-0.2, -0.15) is 0 Å².